The van der Waals surface area contributed by atoms with Crippen molar-refractivity contribution in [2.45, 2.75) is 231 Å². The third kappa shape index (κ3) is 23.4. The number of carbonyl (C=O) groups is 12. The number of Topliss-reactive ketones (excluding diaryl/α,β-unsaturated/α-hetero) is 4. The number of nitrogens with zero attached hydrogens (tertiary/aromatic N) is 4. The third-order valence-electron chi connectivity index (χ3n) is 17.1. The summed E-state index contributed by atoms with van der Waals surface area (Å²) >= 11 is 0. The van der Waals surface area contributed by atoms with Gasteiger partial charge in [0.05, 0.1) is 30.3 Å². The van der Waals surface area contributed by atoms with Crippen molar-refractivity contribution in [3.05, 3.63) is 12.2 Å². The fraction of sp³-hybridized carbons (Fsp3) is 0.788. The number of alkyl carbamates (subject to hydrolysis) is 1. The number of aliphatic hydroxyl groups is 1. The predicted molar refractivity (Wildman–Crippen MR) is 339 cm³/mol. The van der Waals surface area contributed by atoms with Crippen molar-refractivity contribution in [2.24, 2.45) is 64.6 Å². The molecule has 1 aliphatic heterocycles. The van der Waals surface area contributed by atoms with Gasteiger partial charge in [0.1, 0.15) is 24.7 Å². The van der Waals surface area contributed by atoms with Gasteiger partial charge >= 0.3 is 6.09 Å². The summed E-state index contributed by atoms with van der Waals surface area (Å²) in [5.41, 5.74) is -1.31. The minimum Gasteiger partial charge on any atom is -0.449 e. The molecule has 22 nitrogen and oxygen atoms in total. The smallest absolute Gasteiger partial charge is 0.406 e. The summed E-state index contributed by atoms with van der Waals surface area (Å²) < 4.78 is 5.47. The number of ketones is 4. The van der Waals surface area contributed by atoms with Crippen LogP contribution in [0.5, 0.6) is 0 Å². The molecule has 0 aliphatic carbocycles. The first-order valence-corrected chi connectivity index (χ1v) is 31.9. The quantitative estimate of drug-likeness (QED) is 0.106. The molecule has 0 aromatic carbocycles. The molecule has 1 saturated heterocycles. The van der Waals surface area contributed by atoms with E-state index in [1.165, 1.54) is 75.6 Å². The number of carbonyl (C=O) groups excluding carboxylic acids is 12. The van der Waals surface area contributed by atoms with Crippen molar-refractivity contribution >= 4 is 70.6 Å². The highest BCUT2D eigenvalue weighted by molar-refractivity contribution is 6.00. The van der Waals surface area contributed by atoms with E-state index in [-0.39, 0.29) is 62.9 Å². The Kier molecular flexibility index (Phi) is 33.2. The molecule has 1 fully saturated rings. The fourth-order valence-electron chi connectivity index (χ4n) is 11.9. The van der Waals surface area contributed by atoms with Gasteiger partial charge in [0.15, 0.2) is 23.1 Å². The van der Waals surface area contributed by atoms with E-state index in [1.807, 2.05) is 41.5 Å². The summed E-state index contributed by atoms with van der Waals surface area (Å²) in [5.74, 6) is -12.8. The Labute approximate surface area is 526 Å². The largest absolute Gasteiger partial charge is 0.449 e. The summed E-state index contributed by atoms with van der Waals surface area (Å²) in [6.45, 7) is 30.7. The number of amides is 8. The average molecular weight is 1240 g/mol. The molecule has 1 rings (SSSR count). The lowest BCUT2D eigenvalue weighted by molar-refractivity contribution is -0.150. The first kappa shape index (κ1) is 80.0. The summed E-state index contributed by atoms with van der Waals surface area (Å²) in [7, 11) is 7.11. The lowest BCUT2D eigenvalue weighted by Crippen LogP contribution is -2.61. The van der Waals surface area contributed by atoms with E-state index < -0.39 is 179 Å². The van der Waals surface area contributed by atoms with Crippen LogP contribution < -0.4 is 21.3 Å². The van der Waals surface area contributed by atoms with E-state index >= 15 is 4.79 Å². The van der Waals surface area contributed by atoms with Crippen molar-refractivity contribution in [1.82, 2.24) is 40.9 Å². The zero-order valence-electron chi connectivity index (χ0n) is 57.7. The second kappa shape index (κ2) is 36.6. The highest BCUT2D eigenvalue weighted by atomic mass is 16.5. The van der Waals surface area contributed by atoms with Gasteiger partial charge in [-0.2, -0.15) is 0 Å². The van der Waals surface area contributed by atoms with E-state index in [4.69, 9.17) is 4.74 Å². The average Bonchev–Trinajstić information content (AvgIpc) is 2.09. The number of rotatable bonds is 16. The molecule has 8 amide bonds. The van der Waals surface area contributed by atoms with Gasteiger partial charge in [-0.1, -0.05) is 123 Å². The zero-order chi connectivity index (χ0) is 68.2. The van der Waals surface area contributed by atoms with Crippen LogP contribution in [0.2, 0.25) is 0 Å². The first-order chi connectivity index (χ1) is 40.6. The Hall–Kier alpha value is -6.06. The molecule has 1 aliphatic rings. The van der Waals surface area contributed by atoms with Crippen molar-refractivity contribution < 1.29 is 67.4 Å². The maximum absolute atomic E-state index is 15.1. The zero-order valence-corrected chi connectivity index (χ0v) is 57.7. The van der Waals surface area contributed by atoms with E-state index in [9.17, 15) is 57.8 Å². The Morgan fingerprint density at radius 1 is 0.614 bits per heavy atom. The molecule has 0 unspecified atom stereocenters. The normalized spacial score (nSPS) is 27.2. The van der Waals surface area contributed by atoms with Crippen LogP contribution >= 0.6 is 0 Å². The van der Waals surface area contributed by atoms with Gasteiger partial charge in [-0.15, -0.1) is 0 Å². The van der Waals surface area contributed by atoms with Gasteiger partial charge in [-0.3, -0.25) is 52.7 Å². The van der Waals surface area contributed by atoms with Gasteiger partial charge in [-0.05, 0) is 81.5 Å². The standard InChI is InChI=1S/C66H114N8O14/c1-24-26-27-41(13)56(79)54-59(81)69-47(25-2)50(75)32-43(15)61(83)74(23)57(66(17,18)35-88-65(87)67-19)53(78)34-46(39(9)10)64(86)72(21)48(29-37(5)6)51(76)31-42(14)58(80)68-44(16)62(84)71(20)49(30-38(7)8)52(77)33-45(28-36(3)4)63(85)73(22)55(40(11)12)60(82)70-54/h24,26,36-49,54-57,79H,25,27-35H2,1-23H3,(H,67,87)(H,68,80)(H,69,81)(H,70,82)/b26-24+/t41-,42-,43+,44-,45-,46+,47+,48+,49+,54+,55+,56-,57-/m1/s1. The van der Waals surface area contributed by atoms with Crippen LogP contribution in [0.25, 0.3) is 0 Å². The molecule has 0 spiro atoms. The van der Waals surface area contributed by atoms with Crippen LogP contribution in [0.4, 0.5) is 4.79 Å². The highest BCUT2D eigenvalue weighted by Crippen LogP contribution is 2.33. The summed E-state index contributed by atoms with van der Waals surface area (Å²) in [6, 6.07) is -8.76. The van der Waals surface area contributed by atoms with E-state index in [2.05, 4.69) is 21.3 Å². The number of aliphatic hydroxyl groups excluding tert-OH is 1. The van der Waals surface area contributed by atoms with Crippen LogP contribution in [0.1, 0.15) is 182 Å². The van der Waals surface area contributed by atoms with Crippen LogP contribution in [-0.2, 0) is 57.5 Å². The molecule has 0 aromatic rings. The van der Waals surface area contributed by atoms with Gasteiger partial charge in [0.2, 0.25) is 41.4 Å². The maximum Gasteiger partial charge on any atom is 0.406 e. The Bertz CT molecular complexity index is 2440. The molecule has 0 radical (unpaired) electrons. The van der Waals surface area contributed by atoms with E-state index in [0.717, 1.165) is 0 Å². The lowest BCUT2D eigenvalue weighted by atomic mass is 9.77. The second-order valence-electron chi connectivity index (χ2n) is 27.6. The Morgan fingerprint density at radius 3 is 1.60 bits per heavy atom. The van der Waals surface area contributed by atoms with Gasteiger partial charge in [0, 0.05) is 90.0 Å². The van der Waals surface area contributed by atoms with Crippen molar-refractivity contribution in [1.29, 1.82) is 0 Å². The molecular weight excluding hydrogens is 1130 g/mol. The van der Waals surface area contributed by atoms with Crippen molar-refractivity contribution in [3.63, 3.8) is 0 Å². The molecule has 0 aromatic heterocycles. The van der Waals surface area contributed by atoms with E-state index in [0.29, 0.717) is 6.42 Å². The number of nitrogens with one attached hydrogen (secondary N) is 4. The minimum atomic E-state index is -1.66. The number of hydrogen-bond acceptors (Lipinski definition) is 14. The van der Waals surface area contributed by atoms with Crippen LogP contribution in [0, 0.1) is 64.6 Å². The molecule has 88 heavy (non-hydrogen) atoms. The molecule has 0 bridgehead atoms. The number of ether oxygens (including phenoxy) is 1. The SMILES string of the molecule is C/C=C/C[C@@H](C)[C@@H](O)[C@@H]1NC(=O)[C@H](C(C)C)N(C)C(=O)[C@H](CC(C)C)CC(=O)[C@H](CC(C)C)N(C)C(=O)[C@@H](C)NC(=O)[C@H](C)CC(=O)[C@H](CC(C)C)N(C)C(=O)[C@H](C(C)C)CC(=O)[C@H](C(C)(C)COC(=O)NC)N(C)C(=O)[C@@H](C)CC(=O)[C@H](CC)NC1=O. The molecule has 22 heteroatoms. The monoisotopic (exact) mass is 1240 g/mol. The third-order valence-corrected chi connectivity index (χ3v) is 17.1. The molecule has 5 N–H and O–H groups in total. The Morgan fingerprint density at radius 2 is 1.12 bits per heavy atom. The van der Waals surface area contributed by atoms with Crippen molar-refractivity contribution in [2.75, 3.05) is 41.8 Å². The molecule has 0 saturated carbocycles. The highest BCUT2D eigenvalue weighted by Gasteiger charge is 2.46. The Balaban J connectivity index is 4.34. The van der Waals surface area contributed by atoms with Crippen LogP contribution in [0.15, 0.2) is 12.2 Å². The molecule has 502 valence electrons. The summed E-state index contributed by atoms with van der Waals surface area (Å²) in [4.78, 5) is 178. The number of likely N-dealkylation sites (N-methyl/N-ethyl adjacent to an activating group) is 4. The summed E-state index contributed by atoms with van der Waals surface area (Å²) in [6.07, 6.45) is 0.700. The first-order valence-electron chi connectivity index (χ1n) is 31.9. The van der Waals surface area contributed by atoms with Gasteiger partial charge in [-0.25, -0.2) is 4.79 Å². The predicted octanol–water partition coefficient (Wildman–Crippen LogP) is 6.33. The molecule has 1 heterocycles. The minimum absolute atomic E-state index is 0.0245. The topological polar surface area (TPSA) is 295 Å². The van der Waals surface area contributed by atoms with Crippen LogP contribution in [-0.4, -0.2) is 186 Å². The number of allylic oxidation sites excluding steroid dienone is 2. The summed E-state index contributed by atoms with van der Waals surface area (Å²) in [5, 5.41) is 22.5. The van der Waals surface area contributed by atoms with Crippen molar-refractivity contribution in [3.8, 4) is 0 Å². The van der Waals surface area contributed by atoms with Gasteiger partial charge < -0.3 is 50.7 Å². The second-order valence-corrected chi connectivity index (χ2v) is 27.6. The van der Waals surface area contributed by atoms with Crippen LogP contribution in [0.3, 0.4) is 0 Å². The number of hydrogen-bond donors (Lipinski definition) is 5. The lowest BCUT2D eigenvalue weighted by Gasteiger charge is -2.41. The maximum atomic E-state index is 15.1. The fourth-order valence-corrected chi connectivity index (χ4v) is 11.9. The molecular formula is C66H114N8O14. The van der Waals surface area contributed by atoms with E-state index in [1.54, 1.807) is 74.5 Å². The molecule has 13 atom stereocenters. The van der Waals surface area contributed by atoms with Gasteiger partial charge in [0.25, 0.3) is 0 Å².